The van der Waals surface area contributed by atoms with Gasteiger partial charge in [0.25, 0.3) is 5.91 Å². The number of carbonyl (C=O) groups excluding carboxylic acids is 3. The summed E-state index contributed by atoms with van der Waals surface area (Å²) < 4.78 is 4.86. The van der Waals surface area contributed by atoms with Crippen LogP contribution in [0.15, 0.2) is 73.8 Å². The molecule has 43 heavy (non-hydrogen) atoms. The molecule has 228 valence electrons. The van der Waals surface area contributed by atoms with Gasteiger partial charge < -0.3 is 19.6 Å². The van der Waals surface area contributed by atoms with E-state index in [1.165, 1.54) is 0 Å². The predicted octanol–water partition coefficient (Wildman–Crippen LogP) is 5.37. The second-order valence-electron chi connectivity index (χ2n) is 11.6. The van der Waals surface area contributed by atoms with Crippen LogP contribution in [-0.4, -0.2) is 69.6 Å². The Balaban J connectivity index is 1.58. The number of aryl methyl sites for hydroxylation is 1. The van der Waals surface area contributed by atoms with Crippen LogP contribution in [-0.2, 0) is 25.5 Å². The molecule has 2 aromatic rings. The minimum atomic E-state index is -0.907. The highest BCUT2D eigenvalue weighted by molar-refractivity contribution is 8.02. The normalized spacial score (nSPS) is 26.2. The van der Waals surface area contributed by atoms with Crippen molar-refractivity contribution in [3.05, 3.63) is 90.0 Å². The van der Waals surface area contributed by atoms with Crippen molar-refractivity contribution in [3.8, 4) is 0 Å². The zero-order valence-corrected chi connectivity index (χ0v) is 26.1. The SMILES string of the molecule is C=CCCCOC(=O)[C@@H]1[C@@H]2CCC3(S2)C(C(=O)N(CC=C)c2c(C)cccc2Cl)N([C@@H](CO)Cc2ccccc2)C(=O)[C@H]13. The predicted molar refractivity (Wildman–Crippen MR) is 171 cm³/mol. The number of thioether (sulfide) groups is 1. The minimum Gasteiger partial charge on any atom is -0.465 e. The molecule has 7 nitrogen and oxygen atoms in total. The van der Waals surface area contributed by atoms with Crippen molar-refractivity contribution in [1.82, 2.24) is 4.90 Å². The first-order chi connectivity index (χ1) is 20.8. The summed E-state index contributed by atoms with van der Waals surface area (Å²) in [6.45, 7) is 9.62. The molecule has 2 amide bonds. The maximum atomic E-state index is 14.9. The van der Waals surface area contributed by atoms with Gasteiger partial charge in [-0.15, -0.1) is 24.9 Å². The van der Waals surface area contributed by atoms with Crippen molar-refractivity contribution in [2.24, 2.45) is 11.8 Å². The van der Waals surface area contributed by atoms with Crippen LogP contribution in [0.5, 0.6) is 0 Å². The number of ether oxygens (including phenoxy) is 1. The number of likely N-dealkylation sites (tertiary alicyclic amines) is 1. The van der Waals surface area contributed by atoms with Gasteiger partial charge >= 0.3 is 5.97 Å². The molecule has 0 radical (unpaired) electrons. The first-order valence-electron chi connectivity index (χ1n) is 14.9. The quantitative estimate of drug-likeness (QED) is 0.184. The van der Waals surface area contributed by atoms with Gasteiger partial charge in [-0.2, -0.15) is 0 Å². The van der Waals surface area contributed by atoms with Crippen LogP contribution in [0, 0.1) is 18.8 Å². The van der Waals surface area contributed by atoms with E-state index in [4.69, 9.17) is 16.3 Å². The van der Waals surface area contributed by atoms with Crippen LogP contribution >= 0.6 is 23.4 Å². The van der Waals surface area contributed by atoms with Gasteiger partial charge in [-0.25, -0.2) is 0 Å². The van der Waals surface area contributed by atoms with Gasteiger partial charge in [0, 0.05) is 11.8 Å². The Morgan fingerprint density at radius 2 is 1.98 bits per heavy atom. The number of unbranched alkanes of at least 4 members (excludes halogenated alkanes) is 1. The van der Waals surface area contributed by atoms with Crippen molar-refractivity contribution in [2.45, 2.75) is 61.1 Å². The number of benzene rings is 2. The topological polar surface area (TPSA) is 87.2 Å². The summed E-state index contributed by atoms with van der Waals surface area (Å²) in [5.74, 6) is -2.32. The standard InChI is InChI=1S/C34H39ClN2O5S/c1-4-6-10-19-42-33(41)27-26-16-17-34(43-26)28(27)31(39)37(24(21-38)20-23-13-8-7-9-14-23)30(34)32(40)36(18-5-2)29-22(3)12-11-15-25(29)35/h4-5,7-9,11-15,24,26-28,30,38H,1-2,6,10,16-21H2,3H3/t24-,26+,27-,28+,30?,34?/m1/s1. The maximum Gasteiger partial charge on any atom is 0.310 e. The number of para-hydroxylation sites is 1. The van der Waals surface area contributed by atoms with Crippen LogP contribution in [0.25, 0.3) is 0 Å². The molecule has 2 bridgehead atoms. The molecule has 3 aliphatic heterocycles. The van der Waals surface area contributed by atoms with Crippen LogP contribution < -0.4 is 4.90 Å². The number of amides is 2. The van der Waals surface area contributed by atoms with E-state index in [-0.39, 0.29) is 42.8 Å². The van der Waals surface area contributed by atoms with Crippen molar-refractivity contribution >= 4 is 46.8 Å². The first-order valence-corrected chi connectivity index (χ1v) is 16.1. The number of halogens is 1. The van der Waals surface area contributed by atoms with E-state index in [9.17, 15) is 19.5 Å². The molecular formula is C34H39ClN2O5S. The maximum absolute atomic E-state index is 14.9. The number of carbonyl (C=O) groups is 3. The highest BCUT2D eigenvalue weighted by Crippen LogP contribution is 2.67. The fourth-order valence-corrected chi connectivity index (χ4v) is 9.71. The lowest BCUT2D eigenvalue weighted by Crippen LogP contribution is -2.58. The zero-order chi connectivity index (χ0) is 30.7. The van der Waals surface area contributed by atoms with Gasteiger partial charge in [0.15, 0.2) is 0 Å². The molecule has 3 heterocycles. The van der Waals surface area contributed by atoms with E-state index in [0.29, 0.717) is 36.4 Å². The molecule has 3 aliphatic rings. The molecule has 6 atom stereocenters. The van der Waals surface area contributed by atoms with E-state index < -0.39 is 28.7 Å². The second kappa shape index (κ2) is 13.3. The Bertz CT molecular complexity index is 1370. The van der Waals surface area contributed by atoms with Crippen LogP contribution in [0.1, 0.15) is 36.8 Å². The molecule has 1 N–H and O–H groups in total. The summed E-state index contributed by atoms with van der Waals surface area (Å²) in [6.07, 6.45) is 6.49. The van der Waals surface area contributed by atoms with Crippen molar-refractivity contribution in [2.75, 3.05) is 24.7 Å². The smallest absolute Gasteiger partial charge is 0.310 e. The average Bonchev–Trinajstić information content (AvgIpc) is 3.65. The number of esters is 1. The molecule has 0 saturated carbocycles. The molecule has 3 fully saturated rings. The lowest BCUT2D eigenvalue weighted by molar-refractivity contribution is -0.154. The van der Waals surface area contributed by atoms with Gasteiger partial charge in [-0.1, -0.05) is 66.2 Å². The fraction of sp³-hybridized carbons (Fsp3) is 0.441. The van der Waals surface area contributed by atoms with Gasteiger partial charge in [0.05, 0.1) is 46.5 Å². The number of nitrogens with zero attached hydrogens (tertiary/aromatic N) is 2. The number of aliphatic hydroxyl groups is 1. The van der Waals surface area contributed by atoms with Gasteiger partial charge in [-0.05, 0) is 56.2 Å². The molecule has 9 heteroatoms. The van der Waals surface area contributed by atoms with Crippen LogP contribution in [0.4, 0.5) is 5.69 Å². The van der Waals surface area contributed by atoms with Crippen LogP contribution in [0.2, 0.25) is 5.02 Å². The number of aliphatic hydroxyl groups excluding tert-OH is 1. The van der Waals surface area contributed by atoms with E-state index in [1.807, 2.05) is 49.4 Å². The summed E-state index contributed by atoms with van der Waals surface area (Å²) in [5, 5.41) is 11.0. The Kier molecular flexibility index (Phi) is 9.69. The first kappa shape index (κ1) is 31.4. The average molecular weight is 623 g/mol. The monoisotopic (exact) mass is 622 g/mol. The van der Waals surface area contributed by atoms with Gasteiger partial charge in [-0.3, -0.25) is 14.4 Å². The highest BCUT2D eigenvalue weighted by atomic mass is 35.5. The lowest BCUT2D eigenvalue weighted by atomic mass is 9.71. The van der Waals surface area contributed by atoms with Gasteiger partial charge in [0.1, 0.15) is 6.04 Å². The third kappa shape index (κ3) is 5.65. The lowest BCUT2D eigenvalue weighted by Gasteiger charge is -2.40. The molecule has 3 saturated heterocycles. The summed E-state index contributed by atoms with van der Waals surface area (Å²) in [6, 6.07) is 13.5. The van der Waals surface area contributed by atoms with Crippen molar-refractivity contribution in [3.63, 3.8) is 0 Å². The summed E-state index contributed by atoms with van der Waals surface area (Å²) in [4.78, 5) is 46.2. The Morgan fingerprint density at radius 3 is 2.65 bits per heavy atom. The largest absolute Gasteiger partial charge is 0.465 e. The molecule has 2 aromatic carbocycles. The number of anilines is 1. The van der Waals surface area contributed by atoms with Gasteiger partial charge in [0.2, 0.25) is 5.91 Å². The zero-order valence-electron chi connectivity index (χ0n) is 24.5. The molecule has 5 rings (SSSR count). The molecule has 0 aliphatic carbocycles. The number of rotatable bonds is 13. The van der Waals surface area contributed by atoms with Crippen molar-refractivity contribution < 1.29 is 24.2 Å². The van der Waals surface area contributed by atoms with E-state index in [2.05, 4.69) is 13.2 Å². The number of hydrogen-bond acceptors (Lipinski definition) is 6. The summed E-state index contributed by atoms with van der Waals surface area (Å²) in [5.41, 5.74) is 2.33. The number of hydrogen-bond donors (Lipinski definition) is 1. The molecule has 0 aromatic heterocycles. The van der Waals surface area contributed by atoms with Crippen molar-refractivity contribution in [1.29, 1.82) is 0 Å². The van der Waals surface area contributed by atoms with E-state index in [0.717, 1.165) is 17.5 Å². The molecular weight excluding hydrogens is 584 g/mol. The minimum absolute atomic E-state index is 0.116. The number of fused-ring (bicyclic) bond motifs is 1. The van der Waals surface area contributed by atoms with E-state index in [1.54, 1.807) is 39.8 Å². The highest BCUT2D eigenvalue weighted by Gasteiger charge is 2.74. The van der Waals surface area contributed by atoms with Crippen LogP contribution in [0.3, 0.4) is 0 Å². The van der Waals surface area contributed by atoms with E-state index >= 15 is 0 Å². The Morgan fingerprint density at radius 1 is 1.21 bits per heavy atom. The fourth-order valence-electron chi connectivity index (χ4n) is 7.20. The number of allylic oxidation sites excluding steroid dienone is 1. The second-order valence-corrected chi connectivity index (χ2v) is 13.6. The Labute approximate surface area is 262 Å². The third-order valence-corrected chi connectivity index (χ3v) is 11.3. The third-order valence-electron chi connectivity index (χ3n) is 9.00. The summed E-state index contributed by atoms with van der Waals surface area (Å²) >= 11 is 8.25. The Hall–Kier alpha value is -3.07. The summed E-state index contributed by atoms with van der Waals surface area (Å²) in [7, 11) is 0. The molecule has 1 spiro atoms. The molecule has 2 unspecified atom stereocenters.